The third kappa shape index (κ3) is 5.65. The first-order chi connectivity index (χ1) is 27.7. The van der Waals surface area contributed by atoms with Gasteiger partial charge in [0.25, 0.3) is 0 Å². The van der Waals surface area contributed by atoms with Gasteiger partial charge in [0.15, 0.2) is 17.5 Å². The highest BCUT2D eigenvalue weighted by Gasteiger charge is 2.16. The van der Waals surface area contributed by atoms with E-state index >= 15 is 0 Å². The van der Waals surface area contributed by atoms with Crippen LogP contribution in [0.4, 0.5) is 0 Å². The van der Waals surface area contributed by atoms with E-state index in [-0.39, 0.29) is 0 Å². The summed E-state index contributed by atoms with van der Waals surface area (Å²) in [5.41, 5.74) is 11.6. The molecule has 3 heterocycles. The van der Waals surface area contributed by atoms with Crippen LogP contribution >= 0.6 is 11.3 Å². The topological polar surface area (TPSA) is 51.8 Å². The molecule has 262 valence electrons. The Balaban J connectivity index is 0.994. The van der Waals surface area contributed by atoms with E-state index in [1.165, 1.54) is 36.9 Å². The van der Waals surface area contributed by atoms with Gasteiger partial charge >= 0.3 is 0 Å². The van der Waals surface area contributed by atoms with Crippen molar-refractivity contribution < 1.29 is 4.42 Å². The highest BCUT2D eigenvalue weighted by atomic mass is 32.1. The van der Waals surface area contributed by atoms with Crippen LogP contribution in [0.25, 0.3) is 110 Å². The second-order valence-electron chi connectivity index (χ2n) is 14.0. The van der Waals surface area contributed by atoms with Crippen LogP contribution in [0.5, 0.6) is 0 Å². The molecule has 0 unspecified atom stereocenters. The van der Waals surface area contributed by atoms with Gasteiger partial charge in [0, 0.05) is 47.6 Å². The van der Waals surface area contributed by atoms with Gasteiger partial charge in [0.05, 0.1) is 0 Å². The zero-order valence-corrected chi connectivity index (χ0v) is 30.9. The van der Waals surface area contributed by atoms with Gasteiger partial charge in [0.2, 0.25) is 0 Å². The smallest absolute Gasteiger partial charge is 0.164 e. The van der Waals surface area contributed by atoms with Crippen molar-refractivity contribution in [2.24, 2.45) is 0 Å². The lowest BCUT2D eigenvalue weighted by Gasteiger charge is -2.11. The Kier molecular flexibility index (Phi) is 7.64. The fourth-order valence-electron chi connectivity index (χ4n) is 7.78. The maximum absolute atomic E-state index is 6.27. The van der Waals surface area contributed by atoms with Crippen molar-refractivity contribution >= 4 is 53.4 Å². The normalized spacial score (nSPS) is 11.6. The van der Waals surface area contributed by atoms with Crippen LogP contribution in [0.2, 0.25) is 0 Å². The molecule has 11 rings (SSSR count). The van der Waals surface area contributed by atoms with E-state index in [9.17, 15) is 0 Å². The second-order valence-corrected chi connectivity index (χ2v) is 15.1. The van der Waals surface area contributed by atoms with Crippen LogP contribution in [-0.2, 0) is 0 Å². The number of nitrogens with zero attached hydrogens (tertiary/aromatic N) is 3. The minimum Gasteiger partial charge on any atom is -0.456 e. The van der Waals surface area contributed by atoms with Crippen molar-refractivity contribution in [3.63, 3.8) is 0 Å². The molecule has 0 atom stereocenters. The predicted molar refractivity (Wildman–Crippen MR) is 233 cm³/mol. The molecule has 5 heteroatoms. The molecule has 0 aliphatic rings. The van der Waals surface area contributed by atoms with Crippen LogP contribution < -0.4 is 0 Å². The molecule has 8 aromatic carbocycles. The minimum absolute atomic E-state index is 0.644. The molecular formula is C51H31N3OS. The van der Waals surface area contributed by atoms with E-state index in [1.54, 1.807) is 11.3 Å². The molecule has 4 nitrogen and oxygen atoms in total. The number of fused-ring (bicyclic) bond motifs is 6. The van der Waals surface area contributed by atoms with Crippen molar-refractivity contribution in [3.8, 4) is 67.5 Å². The average molecular weight is 734 g/mol. The molecule has 0 fully saturated rings. The standard InChI is InChI=1S/C51H31N3OS/c1-3-12-32(13-4-1)34-16-11-17-37(28-34)50-52-49(33-14-5-2-6-15-33)53-51(54-50)38-23-26-43-44-29-35(24-27-47(44)56-48(43)31-38)39-18-7-8-19-40(39)36-22-25-42-41-20-9-10-21-45(41)55-46(42)30-36/h1-31H. The van der Waals surface area contributed by atoms with E-state index in [2.05, 4.69) is 140 Å². The number of furan rings is 1. The van der Waals surface area contributed by atoms with Crippen molar-refractivity contribution in [1.29, 1.82) is 0 Å². The third-order valence-corrected chi connectivity index (χ3v) is 11.7. The molecule has 0 saturated heterocycles. The number of thiophene rings is 1. The van der Waals surface area contributed by atoms with E-state index in [1.807, 2.05) is 48.5 Å². The number of hydrogen-bond donors (Lipinski definition) is 0. The Morgan fingerprint density at radius 1 is 0.304 bits per heavy atom. The van der Waals surface area contributed by atoms with E-state index in [0.29, 0.717) is 17.5 Å². The van der Waals surface area contributed by atoms with Gasteiger partial charge in [-0.1, -0.05) is 146 Å². The monoisotopic (exact) mass is 733 g/mol. The van der Waals surface area contributed by atoms with Crippen molar-refractivity contribution in [3.05, 3.63) is 188 Å². The summed E-state index contributed by atoms with van der Waals surface area (Å²) < 4.78 is 8.69. The highest BCUT2D eigenvalue weighted by molar-refractivity contribution is 7.25. The Morgan fingerprint density at radius 3 is 1.64 bits per heavy atom. The second kappa shape index (κ2) is 13.3. The first kappa shape index (κ1) is 32.2. The summed E-state index contributed by atoms with van der Waals surface area (Å²) in [4.78, 5) is 15.1. The highest BCUT2D eigenvalue weighted by Crippen LogP contribution is 2.41. The van der Waals surface area contributed by atoms with Crippen molar-refractivity contribution in [1.82, 2.24) is 15.0 Å². The van der Waals surface area contributed by atoms with Gasteiger partial charge in [-0.05, 0) is 75.8 Å². The van der Waals surface area contributed by atoms with Gasteiger partial charge in [0.1, 0.15) is 11.2 Å². The molecule has 0 bridgehead atoms. The predicted octanol–water partition coefficient (Wildman–Crippen LogP) is 14.1. The maximum atomic E-state index is 6.27. The number of hydrogen-bond acceptors (Lipinski definition) is 5. The third-order valence-electron chi connectivity index (χ3n) is 10.6. The SMILES string of the molecule is c1ccc(-c2cccc(-c3nc(-c4ccccc4)nc(-c4ccc5c(c4)sc4ccc(-c6ccccc6-c6ccc7c(c6)oc6ccccc67)cc45)n3)c2)cc1. The van der Waals surface area contributed by atoms with E-state index in [4.69, 9.17) is 19.4 Å². The lowest BCUT2D eigenvalue weighted by atomic mass is 9.93. The summed E-state index contributed by atoms with van der Waals surface area (Å²) in [6, 6.07) is 65.8. The molecule has 0 amide bonds. The Bertz CT molecular complexity index is 3260. The number of benzene rings is 8. The van der Waals surface area contributed by atoms with Crippen molar-refractivity contribution in [2.45, 2.75) is 0 Å². The van der Waals surface area contributed by atoms with E-state index < -0.39 is 0 Å². The largest absolute Gasteiger partial charge is 0.456 e. The summed E-state index contributed by atoms with van der Waals surface area (Å²) in [7, 11) is 0. The molecule has 3 aromatic heterocycles. The molecule has 0 N–H and O–H groups in total. The number of rotatable bonds is 6. The summed E-state index contributed by atoms with van der Waals surface area (Å²) >= 11 is 1.80. The Labute approximate surface area is 327 Å². The Hall–Kier alpha value is -7.21. The summed E-state index contributed by atoms with van der Waals surface area (Å²) in [5.74, 6) is 1.94. The van der Waals surface area contributed by atoms with Crippen LogP contribution in [-0.4, -0.2) is 15.0 Å². The van der Waals surface area contributed by atoms with Crippen LogP contribution in [0.1, 0.15) is 0 Å². The van der Waals surface area contributed by atoms with Gasteiger partial charge in [-0.3, -0.25) is 0 Å². The van der Waals surface area contributed by atoms with E-state index in [0.717, 1.165) is 55.3 Å². The summed E-state index contributed by atoms with van der Waals surface area (Å²) in [5, 5.41) is 4.72. The van der Waals surface area contributed by atoms with Crippen LogP contribution in [0.3, 0.4) is 0 Å². The molecular weight excluding hydrogens is 703 g/mol. The summed E-state index contributed by atoms with van der Waals surface area (Å²) in [6.45, 7) is 0. The number of para-hydroxylation sites is 1. The zero-order valence-electron chi connectivity index (χ0n) is 30.1. The zero-order chi connectivity index (χ0) is 37.0. The Morgan fingerprint density at radius 2 is 0.857 bits per heavy atom. The molecule has 0 aliphatic heterocycles. The molecule has 0 spiro atoms. The van der Waals surface area contributed by atoms with Gasteiger partial charge < -0.3 is 4.42 Å². The lowest BCUT2D eigenvalue weighted by Crippen LogP contribution is -2.00. The fraction of sp³-hybridized carbons (Fsp3) is 0. The van der Waals surface area contributed by atoms with Gasteiger partial charge in [-0.15, -0.1) is 11.3 Å². The fourth-order valence-corrected chi connectivity index (χ4v) is 8.91. The summed E-state index contributed by atoms with van der Waals surface area (Å²) in [6.07, 6.45) is 0. The molecule has 11 aromatic rings. The average Bonchev–Trinajstić information content (AvgIpc) is 3.84. The first-order valence-electron chi connectivity index (χ1n) is 18.7. The number of aromatic nitrogens is 3. The molecule has 0 aliphatic carbocycles. The lowest BCUT2D eigenvalue weighted by molar-refractivity contribution is 0.669. The van der Waals surface area contributed by atoms with Gasteiger partial charge in [-0.2, -0.15) is 0 Å². The molecule has 0 saturated carbocycles. The molecule has 56 heavy (non-hydrogen) atoms. The van der Waals surface area contributed by atoms with Crippen molar-refractivity contribution in [2.75, 3.05) is 0 Å². The maximum Gasteiger partial charge on any atom is 0.164 e. The quantitative estimate of drug-likeness (QED) is 0.171. The van der Waals surface area contributed by atoms with Crippen LogP contribution in [0.15, 0.2) is 192 Å². The van der Waals surface area contributed by atoms with Gasteiger partial charge in [-0.25, -0.2) is 15.0 Å². The van der Waals surface area contributed by atoms with Crippen LogP contribution in [0, 0.1) is 0 Å². The first-order valence-corrected chi connectivity index (χ1v) is 19.5. The minimum atomic E-state index is 0.644. The molecule has 0 radical (unpaired) electrons.